The van der Waals surface area contributed by atoms with E-state index in [2.05, 4.69) is 266 Å². The smallest absolute Gasteiger partial charge is 0.0727 e. The van der Waals surface area contributed by atoms with E-state index in [1.54, 1.807) is 0 Å². The normalized spacial score (nSPS) is 13.8. The van der Waals surface area contributed by atoms with Crippen LogP contribution in [0, 0.1) is 0 Å². The van der Waals surface area contributed by atoms with Crippen LogP contribution in [0.1, 0.15) is 47.2 Å². The molecule has 0 saturated carbocycles. The molecule has 0 unspecified atom stereocenters. The molecule has 0 atom stereocenters. The first-order valence-corrected chi connectivity index (χ1v) is 23.1. The fourth-order valence-corrected chi connectivity index (χ4v) is 11.7. The van der Waals surface area contributed by atoms with Gasteiger partial charge in [-0.05, 0) is 151 Å². The maximum Gasteiger partial charge on any atom is 0.0727 e. The SMILES string of the molecule is CC1(C)c2ccccc2-c2ccc(N(c3ccc(-c4ccccc4)cc3)c3ccc4c(c3)C3(c5ccccc5-c5ccccc53)c3cc(N(c5ccccc5)c5ccccc5)ccc3-4)cc21. The number of benzene rings is 10. The Hall–Kier alpha value is -8.20. The highest BCUT2D eigenvalue weighted by atomic mass is 15.1. The molecule has 0 amide bonds. The minimum Gasteiger partial charge on any atom is -0.310 e. The van der Waals surface area contributed by atoms with E-state index in [1.807, 2.05) is 0 Å². The maximum atomic E-state index is 2.51. The standard InChI is InChI=1S/C64H46N2/c1-63(2)57-27-15-12-24-51(57)54-37-34-48(40-60(54)63)66(47-32-30-44(31-33-47)43-18-6-3-7-19-43)50-36-39-56-55-38-35-49(65(45-20-8-4-9-21-45)46-22-10-5-11-23-46)41-61(55)64(62(56)42-50)58-28-16-13-25-52(58)53-26-14-17-29-59(53)64/h3-42H,1-2H3. The van der Waals surface area contributed by atoms with E-state index < -0.39 is 5.41 Å². The van der Waals surface area contributed by atoms with Crippen molar-refractivity contribution < 1.29 is 0 Å². The van der Waals surface area contributed by atoms with Crippen LogP contribution in [-0.2, 0) is 10.8 Å². The van der Waals surface area contributed by atoms with Crippen LogP contribution in [0.5, 0.6) is 0 Å². The number of rotatable bonds is 7. The zero-order chi connectivity index (χ0) is 44.0. The number of para-hydroxylation sites is 2. The predicted molar refractivity (Wildman–Crippen MR) is 275 cm³/mol. The summed E-state index contributed by atoms with van der Waals surface area (Å²) in [6.45, 7) is 4.74. The Morgan fingerprint density at radius 3 is 1.06 bits per heavy atom. The van der Waals surface area contributed by atoms with Gasteiger partial charge in [-0.2, -0.15) is 0 Å². The summed E-state index contributed by atoms with van der Waals surface area (Å²) in [5.74, 6) is 0. The Kier molecular flexibility index (Phi) is 8.51. The van der Waals surface area contributed by atoms with E-state index in [-0.39, 0.29) is 5.41 Å². The first kappa shape index (κ1) is 38.3. The fourth-order valence-electron chi connectivity index (χ4n) is 11.7. The van der Waals surface area contributed by atoms with Crippen LogP contribution in [-0.4, -0.2) is 0 Å². The molecule has 1 spiro atoms. The van der Waals surface area contributed by atoms with Gasteiger partial charge in [-0.1, -0.05) is 184 Å². The van der Waals surface area contributed by atoms with E-state index in [1.165, 1.54) is 77.9 Å². The summed E-state index contributed by atoms with van der Waals surface area (Å²) in [5, 5.41) is 0. The highest BCUT2D eigenvalue weighted by molar-refractivity contribution is 5.98. The number of fused-ring (bicyclic) bond motifs is 13. The lowest BCUT2D eigenvalue weighted by Gasteiger charge is -2.33. The van der Waals surface area contributed by atoms with Gasteiger partial charge in [0.2, 0.25) is 0 Å². The number of anilines is 6. The summed E-state index contributed by atoms with van der Waals surface area (Å²) in [6, 6.07) is 90.0. The second-order valence-electron chi connectivity index (χ2n) is 18.5. The molecule has 3 aliphatic carbocycles. The second-order valence-corrected chi connectivity index (χ2v) is 18.5. The van der Waals surface area contributed by atoms with E-state index >= 15 is 0 Å². The first-order chi connectivity index (χ1) is 32.5. The van der Waals surface area contributed by atoms with Gasteiger partial charge in [0.1, 0.15) is 0 Å². The van der Waals surface area contributed by atoms with Gasteiger partial charge in [-0.25, -0.2) is 0 Å². The van der Waals surface area contributed by atoms with Gasteiger partial charge in [0.15, 0.2) is 0 Å². The van der Waals surface area contributed by atoms with Gasteiger partial charge in [0.25, 0.3) is 0 Å². The number of nitrogens with zero attached hydrogens (tertiary/aromatic N) is 2. The lowest BCUT2D eigenvalue weighted by atomic mass is 9.70. The van der Waals surface area contributed by atoms with Crippen LogP contribution in [0.4, 0.5) is 34.1 Å². The Labute approximate surface area is 387 Å². The molecule has 10 aromatic rings. The topological polar surface area (TPSA) is 6.48 Å². The highest BCUT2D eigenvalue weighted by Gasteiger charge is 2.52. The Morgan fingerprint density at radius 1 is 0.242 bits per heavy atom. The van der Waals surface area contributed by atoms with Crippen LogP contribution in [0.2, 0.25) is 0 Å². The molecule has 2 heteroatoms. The average molecular weight is 843 g/mol. The molecular weight excluding hydrogens is 797 g/mol. The molecule has 3 aliphatic rings. The zero-order valence-electron chi connectivity index (χ0n) is 37.0. The van der Waals surface area contributed by atoms with Crippen molar-refractivity contribution in [2.75, 3.05) is 9.80 Å². The second kappa shape index (κ2) is 14.7. The van der Waals surface area contributed by atoms with Crippen LogP contribution in [0.25, 0.3) is 44.5 Å². The molecular formula is C64H46N2. The molecule has 0 radical (unpaired) electrons. The largest absolute Gasteiger partial charge is 0.310 e. The maximum absolute atomic E-state index is 2.51. The summed E-state index contributed by atoms with van der Waals surface area (Å²) in [4.78, 5) is 4.87. The molecule has 0 N–H and O–H groups in total. The van der Waals surface area contributed by atoms with Crippen molar-refractivity contribution >= 4 is 34.1 Å². The lowest BCUT2D eigenvalue weighted by molar-refractivity contribution is 0.660. The van der Waals surface area contributed by atoms with Gasteiger partial charge in [-0.3, -0.25) is 0 Å². The third-order valence-corrected chi connectivity index (χ3v) is 14.7. The van der Waals surface area contributed by atoms with E-state index in [0.29, 0.717) is 0 Å². The van der Waals surface area contributed by atoms with Crippen molar-refractivity contribution in [3.8, 4) is 44.5 Å². The molecule has 0 aliphatic heterocycles. The Morgan fingerprint density at radius 2 is 0.561 bits per heavy atom. The number of hydrogen-bond donors (Lipinski definition) is 0. The van der Waals surface area contributed by atoms with Crippen molar-refractivity contribution in [1.82, 2.24) is 0 Å². The molecule has 0 fully saturated rings. The predicted octanol–water partition coefficient (Wildman–Crippen LogP) is 16.9. The summed E-state index contributed by atoms with van der Waals surface area (Å²) in [5.41, 5.74) is 24.2. The first-order valence-electron chi connectivity index (χ1n) is 23.1. The third-order valence-electron chi connectivity index (χ3n) is 14.7. The molecule has 2 nitrogen and oxygen atoms in total. The molecule has 0 aromatic heterocycles. The van der Waals surface area contributed by atoms with Gasteiger partial charge < -0.3 is 9.80 Å². The van der Waals surface area contributed by atoms with Gasteiger partial charge in [-0.15, -0.1) is 0 Å². The number of hydrogen-bond acceptors (Lipinski definition) is 2. The van der Waals surface area contributed by atoms with E-state index in [0.717, 1.165) is 34.1 Å². The Balaban J connectivity index is 1.05. The van der Waals surface area contributed by atoms with Crippen molar-refractivity contribution in [1.29, 1.82) is 0 Å². The molecule has 312 valence electrons. The lowest BCUT2D eigenvalue weighted by Crippen LogP contribution is -2.26. The van der Waals surface area contributed by atoms with Crippen molar-refractivity contribution in [3.05, 3.63) is 276 Å². The fraction of sp³-hybridized carbons (Fsp3) is 0.0625. The summed E-state index contributed by atoms with van der Waals surface area (Å²) < 4.78 is 0. The summed E-state index contributed by atoms with van der Waals surface area (Å²) >= 11 is 0. The van der Waals surface area contributed by atoms with Crippen molar-refractivity contribution in [2.45, 2.75) is 24.7 Å². The molecule has 13 rings (SSSR count). The van der Waals surface area contributed by atoms with Crippen LogP contribution in [0.15, 0.2) is 243 Å². The van der Waals surface area contributed by atoms with Crippen LogP contribution < -0.4 is 9.80 Å². The third kappa shape index (κ3) is 5.55. The minimum absolute atomic E-state index is 0.142. The van der Waals surface area contributed by atoms with E-state index in [9.17, 15) is 0 Å². The van der Waals surface area contributed by atoms with E-state index in [4.69, 9.17) is 0 Å². The van der Waals surface area contributed by atoms with Gasteiger partial charge in [0, 0.05) is 39.5 Å². The minimum atomic E-state index is -0.562. The zero-order valence-corrected chi connectivity index (χ0v) is 37.0. The van der Waals surface area contributed by atoms with Crippen LogP contribution >= 0.6 is 0 Å². The molecule has 0 saturated heterocycles. The molecule has 66 heavy (non-hydrogen) atoms. The van der Waals surface area contributed by atoms with Crippen LogP contribution in [0.3, 0.4) is 0 Å². The van der Waals surface area contributed by atoms with Crippen molar-refractivity contribution in [2.24, 2.45) is 0 Å². The molecule has 10 aromatic carbocycles. The summed E-state index contributed by atoms with van der Waals surface area (Å²) in [6.07, 6.45) is 0. The summed E-state index contributed by atoms with van der Waals surface area (Å²) in [7, 11) is 0. The molecule has 0 heterocycles. The molecule has 0 bridgehead atoms. The van der Waals surface area contributed by atoms with Crippen molar-refractivity contribution in [3.63, 3.8) is 0 Å². The van der Waals surface area contributed by atoms with Gasteiger partial charge >= 0.3 is 0 Å². The quantitative estimate of drug-likeness (QED) is 0.158. The highest BCUT2D eigenvalue weighted by Crippen LogP contribution is 2.64. The average Bonchev–Trinajstić information content (AvgIpc) is 3.93. The Bertz CT molecular complexity index is 3410. The monoisotopic (exact) mass is 842 g/mol. The van der Waals surface area contributed by atoms with Gasteiger partial charge in [0.05, 0.1) is 5.41 Å².